The van der Waals surface area contributed by atoms with E-state index in [1.54, 1.807) is 13.8 Å². The van der Waals surface area contributed by atoms with Gasteiger partial charge in [0.2, 0.25) is 0 Å². The number of rotatable bonds is 5. The molecule has 0 fully saturated rings. The van der Waals surface area contributed by atoms with E-state index in [1.807, 2.05) is 0 Å². The van der Waals surface area contributed by atoms with E-state index in [-0.39, 0.29) is 17.3 Å². The van der Waals surface area contributed by atoms with Crippen LogP contribution >= 0.6 is 11.6 Å². The van der Waals surface area contributed by atoms with Gasteiger partial charge in [0.1, 0.15) is 0 Å². The van der Waals surface area contributed by atoms with Crippen molar-refractivity contribution in [3.8, 4) is 0 Å². The minimum atomic E-state index is -1.06. The Bertz CT molecular complexity index is 533. The van der Waals surface area contributed by atoms with Crippen molar-refractivity contribution in [1.82, 2.24) is 5.32 Å². The van der Waals surface area contributed by atoms with Crippen molar-refractivity contribution in [3.05, 3.63) is 29.0 Å². The normalized spacial score (nSPS) is 11.1. The van der Waals surface area contributed by atoms with Gasteiger partial charge in [0.25, 0.3) is 0 Å². The average molecular weight is 317 g/mol. The quantitative estimate of drug-likeness (QED) is 0.728. The van der Waals surface area contributed by atoms with E-state index in [9.17, 15) is 19.1 Å². The van der Waals surface area contributed by atoms with Crippen LogP contribution < -0.4 is 10.6 Å². The molecule has 0 bridgehead atoms. The predicted octanol–water partition coefficient (Wildman–Crippen LogP) is 2.08. The lowest BCUT2D eigenvalue weighted by molar-refractivity contribution is -0.136. The van der Waals surface area contributed by atoms with Crippen LogP contribution in [0.25, 0.3) is 0 Å². The summed E-state index contributed by atoms with van der Waals surface area (Å²) in [6.07, 6.45) is 0.878. The smallest absolute Gasteiger partial charge is 0.313 e. The molecule has 0 spiro atoms. The molecule has 1 aromatic rings. The van der Waals surface area contributed by atoms with Gasteiger partial charge in [-0.3, -0.25) is 9.59 Å². The molecule has 0 aliphatic carbocycles. The summed E-state index contributed by atoms with van der Waals surface area (Å²) in [5.74, 6) is -2.78. The molecule has 0 unspecified atom stereocenters. The summed E-state index contributed by atoms with van der Waals surface area (Å²) < 4.78 is 13.6. The molecule has 21 heavy (non-hydrogen) atoms. The van der Waals surface area contributed by atoms with Crippen LogP contribution in [-0.2, 0) is 9.59 Å². The highest BCUT2D eigenvalue weighted by atomic mass is 35.5. The van der Waals surface area contributed by atoms with Crippen molar-refractivity contribution in [2.75, 3.05) is 11.9 Å². The number of carbonyl (C=O) groups excluding carboxylic acids is 2. The van der Waals surface area contributed by atoms with E-state index >= 15 is 0 Å². The van der Waals surface area contributed by atoms with Crippen LogP contribution in [0.15, 0.2) is 18.2 Å². The third-order valence-corrected chi connectivity index (χ3v) is 3.59. The third kappa shape index (κ3) is 4.68. The lowest BCUT2D eigenvalue weighted by Crippen LogP contribution is -2.45. The van der Waals surface area contributed by atoms with Crippen molar-refractivity contribution < 1.29 is 19.1 Å². The summed E-state index contributed by atoms with van der Waals surface area (Å²) >= 11 is 5.58. The fraction of sp³-hybridized carbons (Fsp3) is 0.429. The molecule has 0 heterocycles. The number of carbonyl (C=O) groups is 2. The molecule has 1 rings (SSSR count). The SMILES string of the molecule is CCC(O)(CC)CNC(=O)C(=O)Nc1cccc(Cl)c1F. The van der Waals surface area contributed by atoms with Gasteiger partial charge in [-0.1, -0.05) is 31.5 Å². The van der Waals surface area contributed by atoms with Gasteiger partial charge in [0.15, 0.2) is 5.82 Å². The van der Waals surface area contributed by atoms with Crippen molar-refractivity contribution >= 4 is 29.1 Å². The van der Waals surface area contributed by atoms with Crippen molar-refractivity contribution in [2.45, 2.75) is 32.3 Å². The van der Waals surface area contributed by atoms with Gasteiger partial charge in [0, 0.05) is 6.54 Å². The zero-order chi connectivity index (χ0) is 16.0. The first kappa shape index (κ1) is 17.4. The van der Waals surface area contributed by atoms with Crippen molar-refractivity contribution in [3.63, 3.8) is 0 Å². The summed E-state index contributed by atoms with van der Waals surface area (Å²) in [6.45, 7) is 3.50. The standard InChI is InChI=1S/C14H18ClFN2O3/c1-3-14(21,4-2)8-17-12(19)13(20)18-10-7-5-6-9(15)11(10)16/h5-7,21H,3-4,8H2,1-2H3,(H,17,19)(H,18,20). The Balaban J connectivity index is 2.64. The number of halogens is 2. The van der Waals surface area contributed by atoms with Crippen LogP contribution in [0.4, 0.5) is 10.1 Å². The Morgan fingerprint density at radius 2 is 1.90 bits per heavy atom. The van der Waals surface area contributed by atoms with Crippen molar-refractivity contribution in [1.29, 1.82) is 0 Å². The highest BCUT2D eigenvalue weighted by Crippen LogP contribution is 2.21. The maximum atomic E-state index is 13.6. The summed E-state index contributed by atoms with van der Waals surface area (Å²) in [7, 11) is 0. The number of hydrogen-bond acceptors (Lipinski definition) is 3. The highest BCUT2D eigenvalue weighted by Gasteiger charge is 2.25. The van der Waals surface area contributed by atoms with Gasteiger partial charge in [-0.2, -0.15) is 0 Å². The molecule has 116 valence electrons. The van der Waals surface area contributed by atoms with Crippen LogP contribution in [0.3, 0.4) is 0 Å². The van der Waals surface area contributed by atoms with E-state index in [0.29, 0.717) is 12.8 Å². The van der Waals surface area contributed by atoms with E-state index in [4.69, 9.17) is 11.6 Å². The van der Waals surface area contributed by atoms with Crippen molar-refractivity contribution in [2.24, 2.45) is 0 Å². The van der Waals surface area contributed by atoms with Crippen LogP contribution in [-0.4, -0.2) is 29.1 Å². The molecule has 0 radical (unpaired) electrons. The zero-order valence-electron chi connectivity index (χ0n) is 11.9. The molecule has 0 aromatic heterocycles. The number of benzene rings is 1. The number of aliphatic hydroxyl groups is 1. The average Bonchev–Trinajstić information content (AvgIpc) is 2.49. The van der Waals surface area contributed by atoms with Gasteiger partial charge in [-0.25, -0.2) is 4.39 Å². The zero-order valence-corrected chi connectivity index (χ0v) is 12.6. The molecule has 0 saturated heterocycles. The lowest BCUT2D eigenvalue weighted by atomic mass is 9.98. The molecule has 1 aromatic carbocycles. The molecule has 0 atom stereocenters. The number of nitrogens with one attached hydrogen (secondary N) is 2. The molecule has 5 nitrogen and oxygen atoms in total. The van der Waals surface area contributed by atoms with E-state index < -0.39 is 23.2 Å². The Labute approximate surface area is 127 Å². The summed E-state index contributed by atoms with van der Waals surface area (Å²) in [5.41, 5.74) is -1.24. The third-order valence-electron chi connectivity index (χ3n) is 3.30. The topological polar surface area (TPSA) is 78.4 Å². The molecule has 0 aliphatic heterocycles. The number of amides is 2. The number of hydrogen-bond donors (Lipinski definition) is 3. The molecular weight excluding hydrogens is 299 g/mol. The Morgan fingerprint density at radius 3 is 2.48 bits per heavy atom. The Morgan fingerprint density at radius 1 is 1.29 bits per heavy atom. The van der Waals surface area contributed by atoms with Crippen LogP contribution in [0.2, 0.25) is 5.02 Å². The van der Waals surface area contributed by atoms with Gasteiger partial charge in [0.05, 0.1) is 16.3 Å². The molecule has 2 amide bonds. The minimum absolute atomic E-state index is 0.0513. The second-order valence-electron chi connectivity index (χ2n) is 4.67. The maximum Gasteiger partial charge on any atom is 0.313 e. The first-order valence-corrected chi connectivity index (χ1v) is 6.96. The lowest BCUT2D eigenvalue weighted by Gasteiger charge is -2.25. The van der Waals surface area contributed by atoms with E-state index in [1.165, 1.54) is 18.2 Å². The van der Waals surface area contributed by atoms with Gasteiger partial charge < -0.3 is 15.7 Å². The second kappa shape index (κ2) is 7.38. The molecular formula is C14H18ClFN2O3. The van der Waals surface area contributed by atoms with Gasteiger partial charge >= 0.3 is 11.8 Å². The van der Waals surface area contributed by atoms with Crippen LogP contribution in [0.5, 0.6) is 0 Å². The van der Waals surface area contributed by atoms with Gasteiger partial charge in [-0.05, 0) is 25.0 Å². The first-order valence-electron chi connectivity index (χ1n) is 6.58. The molecule has 0 saturated carbocycles. The largest absolute Gasteiger partial charge is 0.388 e. The minimum Gasteiger partial charge on any atom is -0.388 e. The summed E-state index contributed by atoms with van der Waals surface area (Å²) in [5, 5.41) is 14.3. The van der Waals surface area contributed by atoms with Crippen LogP contribution in [0.1, 0.15) is 26.7 Å². The molecule has 3 N–H and O–H groups in total. The van der Waals surface area contributed by atoms with E-state index in [2.05, 4.69) is 10.6 Å². The summed E-state index contributed by atoms with van der Waals surface area (Å²) in [4.78, 5) is 23.3. The second-order valence-corrected chi connectivity index (χ2v) is 5.08. The number of anilines is 1. The first-order chi connectivity index (χ1) is 9.83. The Hall–Kier alpha value is -1.66. The highest BCUT2D eigenvalue weighted by molar-refractivity contribution is 6.39. The fourth-order valence-electron chi connectivity index (χ4n) is 1.60. The fourth-order valence-corrected chi connectivity index (χ4v) is 1.78. The van der Waals surface area contributed by atoms with E-state index in [0.717, 1.165) is 0 Å². The predicted molar refractivity (Wildman–Crippen MR) is 78.6 cm³/mol. The monoisotopic (exact) mass is 316 g/mol. The van der Waals surface area contributed by atoms with Crippen LogP contribution in [0, 0.1) is 5.82 Å². The Kier molecular flexibility index (Phi) is 6.11. The maximum absolute atomic E-state index is 13.6. The molecule has 0 aliphatic rings. The summed E-state index contributed by atoms with van der Waals surface area (Å²) in [6, 6.07) is 4.07. The van der Waals surface area contributed by atoms with Gasteiger partial charge in [-0.15, -0.1) is 0 Å². The molecule has 7 heteroatoms.